The van der Waals surface area contributed by atoms with Crippen molar-refractivity contribution in [1.29, 1.82) is 0 Å². The van der Waals surface area contributed by atoms with Crippen LogP contribution in [0.1, 0.15) is 37.3 Å². The number of hydrogen-bond acceptors (Lipinski definition) is 4. The summed E-state index contributed by atoms with van der Waals surface area (Å²) in [5.74, 6) is 1.46. The third-order valence-electron chi connectivity index (χ3n) is 3.31. The molecule has 1 atom stereocenters. The van der Waals surface area contributed by atoms with Gasteiger partial charge in [0.2, 0.25) is 0 Å². The zero-order chi connectivity index (χ0) is 13.0. The van der Waals surface area contributed by atoms with E-state index < -0.39 is 0 Å². The number of nitrogens with zero attached hydrogens (tertiary/aromatic N) is 2. The molecule has 17 heavy (non-hydrogen) atoms. The van der Waals surface area contributed by atoms with Crippen molar-refractivity contribution in [2.75, 3.05) is 13.6 Å². The predicted molar refractivity (Wildman–Crippen MR) is 69.7 cm³/mol. The molecule has 4 heteroatoms. The van der Waals surface area contributed by atoms with E-state index in [1.807, 2.05) is 13.8 Å². The SMILES string of the molecule is Cc1noc(C)c1CN(C)CCC(N)C(C)C. The predicted octanol–water partition coefficient (Wildman–Crippen LogP) is 2.10. The molecule has 0 saturated heterocycles. The van der Waals surface area contributed by atoms with E-state index in [1.54, 1.807) is 0 Å². The third-order valence-corrected chi connectivity index (χ3v) is 3.31. The van der Waals surface area contributed by atoms with E-state index in [1.165, 1.54) is 5.56 Å². The molecule has 0 aliphatic rings. The Morgan fingerprint density at radius 1 is 1.35 bits per heavy atom. The summed E-state index contributed by atoms with van der Waals surface area (Å²) >= 11 is 0. The highest BCUT2D eigenvalue weighted by atomic mass is 16.5. The van der Waals surface area contributed by atoms with Crippen LogP contribution in [0.25, 0.3) is 0 Å². The first-order chi connectivity index (χ1) is 7.91. The van der Waals surface area contributed by atoms with Crippen molar-refractivity contribution in [2.45, 2.75) is 46.7 Å². The summed E-state index contributed by atoms with van der Waals surface area (Å²) in [6, 6.07) is 0.280. The second kappa shape index (κ2) is 6.17. The first kappa shape index (κ1) is 14.2. The second-order valence-corrected chi connectivity index (χ2v) is 5.24. The molecule has 0 fully saturated rings. The quantitative estimate of drug-likeness (QED) is 0.826. The second-order valence-electron chi connectivity index (χ2n) is 5.24. The molecule has 0 aliphatic carbocycles. The van der Waals surface area contributed by atoms with E-state index >= 15 is 0 Å². The molecule has 0 amide bonds. The van der Waals surface area contributed by atoms with Crippen molar-refractivity contribution < 1.29 is 4.52 Å². The zero-order valence-corrected chi connectivity index (χ0v) is 11.7. The lowest BCUT2D eigenvalue weighted by molar-refractivity contribution is 0.294. The maximum absolute atomic E-state index is 6.04. The fraction of sp³-hybridized carbons (Fsp3) is 0.769. The maximum atomic E-state index is 6.04. The maximum Gasteiger partial charge on any atom is 0.138 e. The van der Waals surface area contributed by atoms with Crippen LogP contribution in [0.4, 0.5) is 0 Å². The molecule has 0 radical (unpaired) electrons. The average Bonchev–Trinajstić information content (AvgIpc) is 2.57. The summed E-state index contributed by atoms with van der Waals surface area (Å²) in [6.07, 6.45) is 1.03. The van der Waals surface area contributed by atoms with Gasteiger partial charge in [0.1, 0.15) is 5.76 Å². The normalized spacial score (nSPS) is 13.6. The van der Waals surface area contributed by atoms with Gasteiger partial charge in [-0.15, -0.1) is 0 Å². The van der Waals surface area contributed by atoms with Crippen LogP contribution in [0, 0.1) is 19.8 Å². The van der Waals surface area contributed by atoms with E-state index in [4.69, 9.17) is 10.3 Å². The molecule has 1 heterocycles. The number of rotatable bonds is 6. The molecule has 2 N–H and O–H groups in total. The Labute approximate surface area is 104 Å². The molecule has 0 aromatic carbocycles. The van der Waals surface area contributed by atoms with Crippen LogP contribution in [-0.4, -0.2) is 29.7 Å². The Balaban J connectivity index is 2.42. The Bertz CT molecular complexity index is 327. The van der Waals surface area contributed by atoms with Crippen LogP contribution in [0.2, 0.25) is 0 Å². The number of aryl methyl sites for hydroxylation is 2. The van der Waals surface area contributed by atoms with Crippen LogP contribution in [0.3, 0.4) is 0 Å². The number of hydrogen-bond donors (Lipinski definition) is 1. The summed E-state index contributed by atoms with van der Waals surface area (Å²) in [4.78, 5) is 2.27. The largest absolute Gasteiger partial charge is 0.361 e. The molecule has 0 aliphatic heterocycles. The Morgan fingerprint density at radius 2 is 2.00 bits per heavy atom. The molecule has 1 aromatic rings. The lowest BCUT2D eigenvalue weighted by Crippen LogP contribution is -2.31. The smallest absolute Gasteiger partial charge is 0.138 e. The van der Waals surface area contributed by atoms with Gasteiger partial charge in [-0.1, -0.05) is 19.0 Å². The van der Waals surface area contributed by atoms with Crippen molar-refractivity contribution in [3.8, 4) is 0 Å². The number of aromatic nitrogens is 1. The van der Waals surface area contributed by atoms with Gasteiger partial charge in [-0.05, 0) is 39.8 Å². The van der Waals surface area contributed by atoms with Crippen LogP contribution in [0.15, 0.2) is 4.52 Å². The summed E-state index contributed by atoms with van der Waals surface area (Å²) in [6.45, 7) is 10.2. The van der Waals surface area contributed by atoms with Crippen molar-refractivity contribution in [3.63, 3.8) is 0 Å². The molecule has 1 aromatic heterocycles. The van der Waals surface area contributed by atoms with Crippen molar-refractivity contribution in [1.82, 2.24) is 10.1 Å². The van der Waals surface area contributed by atoms with Crippen LogP contribution < -0.4 is 5.73 Å². The topological polar surface area (TPSA) is 55.3 Å². The van der Waals surface area contributed by atoms with Gasteiger partial charge in [0.05, 0.1) is 5.69 Å². The van der Waals surface area contributed by atoms with Gasteiger partial charge in [0, 0.05) is 18.2 Å². The Hall–Kier alpha value is -0.870. The Kier molecular flexibility index (Phi) is 5.15. The molecule has 4 nitrogen and oxygen atoms in total. The third kappa shape index (κ3) is 4.13. The molecule has 0 spiro atoms. The lowest BCUT2D eigenvalue weighted by atomic mass is 10.0. The molecule has 0 saturated carbocycles. The summed E-state index contributed by atoms with van der Waals surface area (Å²) in [5, 5.41) is 3.97. The molecular formula is C13H25N3O. The van der Waals surface area contributed by atoms with Crippen molar-refractivity contribution in [2.24, 2.45) is 11.7 Å². The van der Waals surface area contributed by atoms with E-state index in [9.17, 15) is 0 Å². The van der Waals surface area contributed by atoms with E-state index in [0.29, 0.717) is 5.92 Å². The Morgan fingerprint density at radius 3 is 2.47 bits per heavy atom. The lowest BCUT2D eigenvalue weighted by Gasteiger charge is -2.21. The fourth-order valence-electron chi connectivity index (χ4n) is 1.78. The first-order valence-electron chi connectivity index (χ1n) is 6.27. The first-order valence-corrected chi connectivity index (χ1v) is 6.27. The van der Waals surface area contributed by atoms with Crippen molar-refractivity contribution >= 4 is 0 Å². The van der Waals surface area contributed by atoms with Crippen LogP contribution >= 0.6 is 0 Å². The van der Waals surface area contributed by atoms with Gasteiger partial charge < -0.3 is 15.2 Å². The van der Waals surface area contributed by atoms with Gasteiger partial charge in [0.25, 0.3) is 0 Å². The van der Waals surface area contributed by atoms with Gasteiger partial charge in [-0.3, -0.25) is 0 Å². The van der Waals surface area contributed by atoms with Crippen LogP contribution in [0.5, 0.6) is 0 Å². The van der Waals surface area contributed by atoms with Gasteiger partial charge in [-0.2, -0.15) is 0 Å². The minimum Gasteiger partial charge on any atom is -0.361 e. The highest BCUT2D eigenvalue weighted by molar-refractivity contribution is 5.20. The van der Waals surface area contributed by atoms with Gasteiger partial charge in [-0.25, -0.2) is 0 Å². The standard InChI is InChI=1S/C13H25N3O/c1-9(2)13(14)6-7-16(5)8-12-10(3)15-17-11(12)4/h9,13H,6-8,14H2,1-5H3. The monoisotopic (exact) mass is 239 g/mol. The summed E-state index contributed by atoms with van der Waals surface area (Å²) in [5.41, 5.74) is 8.23. The molecule has 0 bridgehead atoms. The van der Waals surface area contributed by atoms with Gasteiger partial charge in [0.15, 0.2) is 0 Å². The number of nitrogens with two attached hydrogens (primary N) is 1. The van der Waals surface area contributed by atoms with Crippen LogP contribution in [-0.2, 0) is 6.54 Å². The minimum atomic E-state index is 0.280. The fourth-order valence-corrected chi connectivity index (χ4v) is 1.78. The average molecular weight is 239 g/mol. The molecular weight excluding hydrogens is 214 g/mol. The van der Waals surface area contributed by atoms with E-state index in [2.05, 4.69) is 31.0 Å². The molecule has 98 valence electrons. The van der Waals surface area contributed by atoms with Gasteiger partial charge >= 0.3 is 0 Å². The summed E-state index contributed by atoms with van der Waals surface area (Å²) in [7, 11) is 2.11. The van der Waals surface area contributed by atoms with E-state index in [-0.39, 0.29) is 6.04 Å². The summed E-state index contributed by atoms with van der Waals surface area (Å²) < 4.78 is 5.16. The zero-order valence-electron chi connectivity index (χ0n) is 11.7. The molecule has 1 rings (SSSR count). The molecule has 1 unspecified atom stereocenters. The highest BCUT2D eigenvalue weighted by Crippen LogP contribution is 2.14. The van der Waals surface area contributed by atoms with E-state index in [0.717, 1.165) is 31.0 Å². The highest BCUT2D eigenvalue weighted by Gasteiger charge is 2.13. The van der Waals surface area contributed by atoms with Crippen molar-refractivity contribution in [3.05, 3.63) is 17.0 Å². The minimum absolute atomic E-state index is 0.280.